The first-order valence-corrected chi connectivity index (χ1v) is 5.78. The predicted octanol–water partition coefficient (Wildman–Crippen LogP) is 3.19. The van der Waals surface area contributed by atoms with Crippen LogP contribution in [0.4, 0.5) is 0 Å². The van der Waals surface area contributed by atoms with Crippen LogP contribution in [0, 0.1) is 0 Å². The molecule has 1 saturated carbocycles. The zero-order valence-corrected chi connectivity index (χ0v) is 10.2. The van der Waals surface area contributed by atoms with E-state index in [1.54, 1.807) is 0 Å². The van der Waals surface area contributed by atoms with Gasteiger partial charge in [-0.3, -0.25) is 0 Å². The number of nitrogens with one attached hydrogen (secondary N) is 1. The van der Waals surface area contributed by atoms with Gasteiger partial charge in [0, 0.05) is 5.54 Å². The average molecular weight is 203 g/mol. The molecule has 1 aliphatic carbocycles. The van der Waals surface area contributed by atoms with Crippen molar-refractivity contribution in [2.75, 3.05) is 7.05 Å². The minimum Gasteiger partial charge on any atom is -0.310 e. The molecule has 1 heteroatoms. The van der Waals surface area contributed by atoms with Gasteiger partial charge in [-0.25, -0.2) is 0 Å². The highest BCUT2D eigenvalue weighted by Gasteiger charge is 2.42. The van der Waals surface area contributed by atoms with Crippen LogP contribution in [0.25, 0.3) is 0 Å². The Balaban J connectivity index is 2.25. The van der Waals surface area contributed by atoms with E-state index in [0.717, 1.165) is 0 Å². The highest BCUT2D eigenvalue weighted by atomic mass is 15.0. The van der Waals surface area contributed by atoms with Gasteiger partial charge in [-0.1, -0.05) is 45.0 Å². The molecule has 0 heterocycles. The second-order valence-corrected chi connectivity index (χ2v) is 5.66. The van der Waals surface area contributed by atoms with E-state index in [9.17, 15) is 0 Å². The second kappa shape index (κ2) is 3.34. The molecule has 1 aliphatic rings. The van der Waals surface area contributed by atoms with Gasteiger partial charge >= 0.3 is 0 Å². The first-order chi connectivity index (χ1) is 6.98. The lowest BCUT2D eigenvalue weighted by molar-refractivity contribution is 0.575. The summed E-state index contributed by atoms with van der Waals surface area (Å²) in [6, 6.07) is 9.10. The molecule has 1 nitrogen and oxygen atoms in total. The Kier molecular flexibility index (Phi) is 2.38. The van der Waals surface area contributed by atoms with E-state index < -0.39 is 0 Å². The monoisotopic (exact) mass is 203 g/mol. The van der Waals surface area contributed by atoms with Crippen LogP contribution in [0.5, 0.6) is 0 Å². The molecule has 82 valence electrons. The molecule has 0 unspecified atom stereocenters. The molecule has 0 bridgehead atoms. The standard InChI is InChI=1S/C14H21N/c1-13(2,3)11-5-7-12(8-6-11)14(15-4)9-10-14/h5-8,15H,9-10H2,1-4H3. The van der Waals surface area contributed by atoms with Crippen molar-refractivity contribution >= 4 is 0 Å². The third kappa shape index (κ3) is 1.93. The minimum absolute atomic E-state index is 0.259. The summed E-state index contributed by atoms with van der Waals surface area (Å²) >= 11 is 0. The second-order valence-electron chi connectivity index (χ2n) is 5.66. The molecule has 0 amide bonds. The van der Waals surface area contributed by atoms with Crippen molar-refractivity contribution in [2.45, 2.75) is 44.6 Å². The van der Waals surface area contributed by atoms with Gasteiger partial charge < -0.3 is 5.32 Å². The molecule has 0 saturated heterocycles. The van der Waals surface area contributed by atoms with Crippen LogP contribution in [0.2, 0.25) is 0 Å². The molecule has 0 atom stereocenters. The van der Waals surface area contributed by atoms with Crippen molar-refractivity contribution in [2.24, 2.45) is 0 Å². The predicted molar refractivity (Wildman–Crippen MR) is 65.1 cm³/mol. The molecule has 0 radical (unpaired) electrons. The van der Waals surface area contributed by atoms with Crippen molar-refractivity contribution in [1.29, 1.82) is 0 Å². The summed E-state index contributed by atoms with van der Waals surface area (Å²) in [6.45, 7) is 6.77. The summed E-state index contributed by atoms with van der Waals surface area (Å²) in [5.74, 6) is 0. The summed E-state index contributed by atoms with van der Waals surface area (Å²) in [7, 11) is 2.06. The van der Waals surface area contributed by atoms with Gasteiger partial charge in [0.15, 0.2) is 0 Å². The third-order valence-corrected chi connectivity index (χ3v) is 3.53. The van der Waals surface area contributed by atoms with E-state index in [4.69, 9.17) is 0 Å². The first-order valence-electron chi connectivity index (χ1n) is 5.78. The van der Waals surface area contributed by atoms with Crippen LogP contribution in [-0.4, -0.2) is 7.05 Å². The molecule has 15 heavy (non-hydrogen) atoms. The van der Waals surface area contributed by atoms with Crippen molar-refractivity contribution in [3.63, 3.8) is 0 Å². The van der Waals surface area contributed by atoms with Gasteiger partial charge in [-0.2, -0.15) is 0 Å². The fraction of sp³-hybridized carbons (Fsp3) is 0.571. The van der Waals surface area contributed by atoms with Gasteiger partial charge in [0.05, 0.1) is 0 Å². The van der Waals surface area contributed by atoms with E-state index in [2.05, 4.69) is 57.4 Å². The molecule has 0 aliphatic heterocycles. The van der Waals surface area contributed by atoms with Crippen LogP contribution in [0.1, 0.15) is 44.7 Å². The molecule has 1 fully saturated rings. The molecule has 0 aromatic heterocycles. The Labute approximate surface area is 92.9 Å². The van der Waals surface area contributed by atoms with Crippen molar-refractivity contribution in [3.05, 3.63) is 35.4 Å². The third-order valence-electron chi connectivity index (χ3n) is 3.53. The molecular formula is C14H21N. The van der Waals surface area contributed by atoms with Gasteiger partial charge in [-0.05, 0) is 36.4 Å². The van der Waals surface area contributed by atoms with Gasteiger partial charge in [-0.15, -0.1) is 0 Å². The molecular weight excluding hydrogens is 182 g/mol. The smallest absolute Gasteiger partial charge is 0.0433 e. The number of benzene rings is 1. The van der Waals surface area contributed by atoms with Crippen LogP contribution >= 0.6 is 0 Å². The van der Waals surface area contributed by atoms with E-state index in [1.165, 1.54) is 24.0 Å². The fourth-order valence-corrected chi connectivity index (χ4v) is 2.10. The lowest BCUT2D eigenvalue weighted by atomic mass is 9.86. The maximum absolute atomic E-state index is 3.43. The summed E-state index contributed by atoms with van der Waals surface area (Å²) in [4.78, 5) is 0. The lowest BCUT2D eigenvalue weighted by Crippen LogP contribution is -2.24. The van der Waals surface area contributed by atoms with Crippen molar-refractivity contribution in [3.8, 4) is 0 Å². The lowest BCUT2D eigenvalue weighted by Gasteiger charge is -2.21. The van der Waals surface area contributed by atoms with Gasteiger partial charge in [0.25, 0.3) is 0 Å². The number of hydrogen-bond acceptors (Lipinski definition) is 1. The minimum atomic E-state index is 0.259. The summed E-state index contributed by atoms with van der Waals surface area (Å²) in [5.41, 5.74) is 3.42. The van der Waals surface area contributed by atoms with Crippen LogP contribution in [-0.2, 0) is 11.0 Å². The Morgan fingerprint density at radius 2 is 1.60 bits per heavy atom. The Morgan fingerprint density at radius 1 is 1.07 bits per heavy atom. The van der Waals surface area contributed by atoms with Crippen molar-refractivity contribution in [1.82, 2.24) is 5.32 Å². The van der Waals surface area contributed by atoms with Gasteiger partial charge in [0.2, 0.25) is 0 Å². The van der Waals surface area contributed by atoms with E-state index in [-0.39, 0.29) is 5.41 Å². The molecule has 1 aromatic carbocycles. The maximum atomic E-state index is 3.43. The fourth-order valence-electron chi connectivity index (χ4n) is 2.10. The Hall–Kier alpha value is -0.820. The summed E-state index contributed by atoms with van der Waals surface area (Å²) < 4.78 is 0. The normalized spacial score (nSPS) is 18.9. The highest BCUT2D eigenvalue weighted by molar-refractivity contribution is 5.34. The molecule has 2 rings (SSSR count). The molecule has 1 N–H and O–H groups in total. The van der Waals surface area contributed by atoms with Crippen LogP contribution in [0.15, 0.2) is 24.3 Å². The quantitative estimate of drug-likeness (QED) is 0.778. The first kappa shape index (κ1) is 10.7. The number of rotatable bonds is 2. The zero-order valence-electron chi connectivity index (χ0n) is 10.2. The summed E-state index contributed by atoms with van der Waals surface area (Å²) in [5, 5.41) is 3.43. The summed E-state index contributed by atoms with van der Waals surface area (Å²) in [6.07, 6.45) is 2.55. The van der Waals surface area contributed by atoms with Crippen LogP contribution < -0.4 is 5.32 Å². The van der Waals surface area contributed by atoms with E-state index in [0.29, 0.717) is 5.54 Å². The molecule has 0 spiro atoms. The maximum Gasteiger partial charge on any atom is 0.0433 e. The van der Waals surface area contributed by atoms with E-state index >= 15 is 0 Å². The SMILES string of the molecule is CNC1(c2ccc(C(C)(C)C)cc2)CC1. The topological polar surface area (TPSA) is 12.0 Å². The Bertz CT molecular complexity index is 339. The van der Waals surface area contributed by atoms with Crippen molar-refractivity contribution < 1.29 is 0 Å². The van der Waals surface area contributed by atoms with Gasteiger partial charge in [0.1, 0.15) is 0 Å². The number of hydrogen-bond donors (Lipinski definition) is 1. The average Bonchev–Trinajstić information content (AvgIpc) is 2.97. The van der Waals surface area contributed by atoms with Crippen LogP contribution in [0.3, 0.4) is 0 Å². The Morgan fingerprint density at radius 3 is 1.93 bits per heavy atom. The molecule has 1 aromatic rings. The van der Waals surface area contributed by atoms with E-state index in [1.807, 2.05) is 0 Å². The largest absolute Gasteiger partial charge is 0.310 e. The highest BCUT2D eigenvalue weighted by Crippen LogP contribution is 2.45. The zero-order chi connectivity index (χ0) is 11.1.